The highest BCUT2D eigenvalue weighted by Crippen LogP contribution is 2.53. The van der Waals surface area contributed by atoms with Crippen molar-refractivity contribution in [3.63, 3.8) is 0 Å². The van der Waals surface area contributed by atoms with Crippen LogP contribution in [0.2, 0.25) is 0 Å². The topological polar surface area (TPSA) is 28.4 Å². The molecule has 0 aliphatic carbocycles. The van der Waals surface area contributed by atoms with E-state index in [4.69, 9.17) is 4.42 Å². The van der Waals surface area contributed by atoms with Gasteiger partial charge in [0.05, 0.1) is 11.4 Å². The fourth-order valence-corrected chi connectivity index (χ4v) is 6.52. The summed E-state index contributed by atoms with van der Waals surface area (Å²) in [5.41, 5.74) is 12.2. The molecule has 1 aromatic heterocycles. The largest absolute Gasteiger partial charge is 0.455 e. The van der Waals surface area contributed by atoms with E-state index in [9.17, 15) is 0 Å². The molecule has 3 nitrogen and oxygen atoms in total. The first-order valence-electron chi connectivity index (χ1n) is 14.4. The molecule has 1 aliphatic rings. The highest BCUT2D eigenvalue weighted by Gasteiger charge is 2.36. The van der Waals surface area contributed by atoms with Crippen LogP contribution in [0.4, 0.5) is 28.4 Å². The fraction of sp³-hybridized carbons (Fsp3) is 0.0769. The van der Waals surface area contributed by atoms with Crippen molar-refractivity contribution in [3.05, 3.63) is 151 Å². The lowest BCUT2D eigenvalue weighted by Crippen LogP contribution is -2.30. The van der Waals surface area contributed by atoms with E-state index in [-0.39, 0.29) is 5.41 Å². The van der Waals surface area contributed by atoms with Crippen LogP contribution in [0.1, 0.15) is 25.0 Å². The number of benzene rings is 6. The molecular formula is C39H30N2O. The Hall–Kier alpha value is -5.28. The summed E-state index contributed by atoms with van der Waals surface area (Å²) in [6, 6.07) is 49.4. The van der Waals surface area contributed by atoms with Gasteiger partial charge < -0.3 is 14.6 Å². The quantitative estimate of drug-likeness (QED) is 0.240. The maximum Gasteiger partial charge on any atom is 0.143 e. The molecule has 202 valence electrons. The summed E-state index contributed by atoms with van der Waals surface area (Å²) in [7, 11) is 0. The van der Waals surface area contributed by atoms with Crippen LogP contribution in [0.5, 0.6) is 0 Å². The number of hydrogen-bond donors (Lipinski definition) is 1. The third kappa shape index (κ3) is 3.82. The average Bonchev–Trinajstić information content (AvgIpc) is 3.41. The molecule has 0 unspecified atom stereocenters. The van der Waals surface area contributed by atoms with Gasteiger partial charge in [0.1, 0.15) is 11.2 Å². The monoisotopic (exact) mass is 542 g/mol. The molecule has 1 aliphatic heterocycles. The van der Waals surface area contributed by atoms with E-state index in [1.807, 2.05) is 24.3 Å². The first kappa shape index (κ1) is 24.5. The van der Waals surface area contributed by atoms with Gasteiger partial charge in [-0.15, -0.1) is 0 Å². The third-order valence-electron chi connectivity index (χ3n) is 8.62. The smallest absolute Gasteiger partial charge is 0.143 e. The van der Waals surface area contributed by atoms with Crippen LogP contribution in [-0.4, -0.2) is 0 Å². The molecule has 2 heterocycles. The maximum atomic E-state index is 6.54. The Morgan fingerprint density at radius 2 is 1.17 bits per heavy atom. The second-order valence-electron chi connectivity index (χ2n) is 11.5. The van der Waals surface area contributed by atoms with Crippen LogP contribution in [0, 0.1) is 0 Å². The fourth-order valence-electron chi connectivity index (χ4n) is 6.52. The van der Waals surface area contributed by atoms with E-state index in [0.717, 1.165) is 50.1 Å². The molecule has 3 heteroatoms. The van der Waals surface area contributed by atoms with E-state index < -0.39 is 0 Å². The molecule has 1 N–H and O–H groups in total. The first-order chi connectivity index (χ1) is 20.6. The number of rotatable bonds is 4. The second-order valence-corrected chi connectivity index (χ2v) is 11.5. The van der Waals surface area contributed by atoms with Gasteiger partial charge in [-0.05, 0) is 71.3 Å². The summed E-state index contributed by atoms with van der Waals surface area (Å²) in [4.78, 5) is 2.42. The molecule has 0 fully saturated rings. The van der Waals surface area contributed by atoms with Crippen molar-refractivity contribution in [2.75, 3.05) is 10.2 Å². The lowest BCUT2D eigenvalue weighted by Gasteiger charge is -2.42. The van der Waals surface area contributed by atoms with Crippen molar-refractivity contribution in [2.24, 2.45) is 0 Å². The summed E-state index contributed by atoms with van der Waals surface area (Å²) < 4.78 is 6.54. The molecule has 0 atom stereocenters. The Labute approximate surface area is 245 Å². The molecule has 0 bridgehead atoms. The van der Waals surface area contributed by atoms with Crippen molar-refractivity contribution in [2.45, 2.75) is 19.3 Å². The Bertz CT molecular complexity index is 2040. The molecule has 0 saturated heterocycles. The molecule has 0 amide bonds. The van der Waals surface area contributed by atoms with Crippen LogP contribution in [0.3, 0.4) is 0 Å². The summed E-state index contributed by atoms with van der Waals surface area (Å²) in [5.74, 6) is 0. The van der Waals surface area contributed by atoms with Crippen LogP contribution < -0.4 is 10.2 Å². The van der Waals surface area contributed by atoms with Gasteiger partial charge in [-0.25, -0.2) is 0 Å². The number of anilines is 5. The van der Waals surface area contributed by atoms with E-state index >= 15 is 0 Å². The summed E-state index contributed by atoms with van der Waals surface area (Å²) in [5, 5.41) is 5.74. The number of furan rings is 1. The normalized spacial score (nSPS) is 13.6. The number of fused-ring (bicyclic) bond motifs is 5. The van der Waals surface area contributed by atoms with Crippen LogP contribution in [-0.2, 0) is 5.41 Å². The van der Waals surface area contributed by atoms with E-state index in [1.54, 1.807) is 0 Å². The zero-order valence-corrected chi connectivity index (χ0v) is 23.6. The standard InChI is InChI=1S/C39H30N2O/c1-39(2)33-15-7-9-17-35(33)41(36-18-10-8-16-34(36)39)29-24-31(38-32(25-29)30-14-6-11-19-37(30)42-38)26-20-22-28(23-21-26)40-27-12-4-3-5-13-27/h3-25,40H,1-2H3. The van der Waals surface area contributed by atoms with Crippen LogP contribution in [0.25, 0.3) is 33.1 Å². The SMILES string of the molecule is CC1(C)c2ccccc2N(c2cc(-c3ccc(Nc4ccccc4)cc3)c3oc4ccccc4c3c2)c2ccccc21. The van der Waals surface area contributed by atoms with Crippen molar-refractivity contribution in [3.8, 4) is 11.1 Å². The van der Waals surface area contributed by atoms with E-state index in [1.165, 1.54) is 22.5 Å². The van der Waals surface area contributed by atoms with Gasteiger partial charge >= 0.3 is 0 Å². The van der Waals surface area contributed by atoms with Gasteiger partial charge in [0.15, 0.2) is 0 Å². The molecular weight excluding hydrogens is 512 g/mol. The summed E-state index contributed by atoms with van der Waals surface area (Å²) in [6.45, 7) is 4.65. The molecule has 6 aromatic carbocycles. The van der Waals surface area contributed by atoms with Gasteiger partial charge in [-0.3, -0.25) is 0 Å². The number of para-hydroxylation sites is 4. The molecule has 0 spiro atoms. The second kappa shape index (κ2) is 9.39. The minimum atomic E-state index is -0.111. The third-order valence-corrected chi connectivity index (χ3v) is 8.62. The Balaban J connectivity index is 1.34. The average molecular weight is 543 g/mol. The van der Waals surface area contributed by atoms with Crippen molar-refractivity contribution in [1.29, 1.82) is 0 Å². The lowest BCUT2D eigenvalue weighted by atomic mass is 9.73. The van der Waals surface area contributed by atoms with Crippen LogP contribution >= 0.6 is 0 Å². The Kier molecular flexibility index (Phi) is 5.48. The minimum absolute atomic E-state index is 0.111. The molecule has 8 rings (SSSR count). The number of hydrogen-bond acceptors (Lipinski definition) is 3. The van der Waals surface area contributed by atoms with E-state index in [0.29, 0.717) is 0 Å². The van der Waals surface area contributed by atoms with Gasteiger partial charge in [0, 0.05) is 38.8 Å². The highest BCUT2D eigenvalue weighted by molar-refractivity contribution is 6.12. The van der Waals surface area contributed by atoms with Crippen LogP contribution in [0.15, 0.2) is 144 Å². The van der Waals surface area contributed by atoms with Gasteiger partial charge in [0.25, 0.3) is 0 Å². The van der Waals surface area contributed by atoms with Crippen molar-refractivity contribution >= 4 is 50.4 Å². The van der Waals surface area contributed by atoms with Gasteiger partial charge in [-0.1, -0.05) is 98.8 Å². The first-order valence-corrected chi connectivity index (χ1v) is 14.4. The molecule has 0 radical (unpaired) electrons. The summed E-state index contributed by atoms with van der Waals surface area (Å²) >= 11 is 0. The van der Waals surface area contributed by atoms with Gasteiger partial charge in [0.2, 0.25) is 0 Å². The number of nitrogens with zero attached hydrogens (tertiary/aromatic N) is 1. The van der Waals surface area contributed by atoms with E-state index in [2.05, 4.69) is 139 Å². The molecule has 0 saturated carbocycles. The predicted octanol–water partition coefficient (Wildman–Crippen LogP) is 11.1. The highest BCUT2D eigenvalue weighted by atomic mass is 16.3. The zero-order chi connectivity index (χ0) is 28.3. The summed E-state index contributed by atoms with van der Waals surface area (Å²) in [6.07, 6.45) is 0. The molecule has 7 aromatic rings. The zero-order valence-electron chi connectivity index (χ0n) is 23.6. The Morgan fingerprint density at radius 1 is 0.571 bits per heavy atom. The predicted molar refractivity (Wildman–Crippen MR) is 176 cm³/mol. The Morgan fingerprint density at radius 3 is 1.88 bits per heavy atom. The number of nitrogens with one attached hydrogen (secondary N) is 1. The van der Waals surface area contributed by atoms with Crippen molar-refractivity contribution < 1.29 is 4.42 Å². The van der Waals surface area contributed by atoms with Crippen molar-refractivity contribution in [1.82, 2.24) is 0 Å². The maximum absolute atomic E-state index is 6.54. The van der Waals surface area contributed by atoms with Gasteiger partial charge in [-0.2, -0.15) is 0 Å². The molecule has 42 heavy (non-hydrogen) atoms. The lowest BCUT2D eigenvalue weighted by molar-refractivity contribution is 0.632. The minimum Gasteiger partial charge on any atom is -0.455 e.